The van der Waals surface area contributed by atoms with Gasteiger partial charge in [-0.3, -0.25) is 4.79 Å². The fourth-order valence-corrected chi connectivity index (χ4v) is 2.74. The van der Waals surface area contributed by atoms with Crippen LogP contribution in [0.25, 0.3) is 28.1 Å². The van der Waals surface area contributed by atoms with E-state index in [1.54, 1.807) is 31.4 Å². The smallest absolute Gasteiger partial charge is 0.323 e. The third kappa shape index (κ3) is 2.74. The molecule has 4 rings (SSSR count). The number of ether oxygens (including phenoxy) is 1. The molecule has 0 aliphatic heterocycles. The highest BCUT2D eigenvalue weighted by Crippen LogP contribution is 2.29. The average molecular weight is 334 g/mol. The van der Waals surface area contributed by atoms with Gasteiger partial charge in [-0.25, -0.2) is 4.79 Å². The molecule has 25 heavy (non-hydrogen) atoms. The molecule has 4 aromatic rings. The minimum absolute atomic E-state index is 0.184. The molecule has 124 valence electrons. The topological polar surface area (TPSA) is 88.1 Å². The van der Waals surface area contributed by atoms with Crippen LogP contribution in [-0.2, 0) is 0 Å². The number of furan rings is 1. The Bertz CT molecular complexity index is 1180. The average Bonchev–Trinajstić information content (AvgIpc) is 3.20. The summed E-state index contributed by atoms with van der Waals surface area (Å²) in [5.41, 5.74) is 2.08. The third-order valence-electron chi connectivity index (χ3n) is 3.95. The van der Waals surface area contributed by atoms with Crippen LogP contribution in [0.2, 0.25) is 0 Å². The molecule has 0 radical (unpaired) electrons. The van der Waals surface area contributed by atoms with Gasteiger partial charge in [0.15, 0.2) is 17.1 Å². The van der Waals surface area contributed by atoms with Gasteiger partial charge < -0.3 is 19.1 Å². The number of H-pyrrole nitrogens is 2. The number of fused-ring (bicyclic) bond motifs is 2. The van der Waals surface area contributed by atoms with Gasteiger partial charge in [0.1, 0.15) is 5.76 Å². The maximum atomic E-state index is 12.4. The minimum atomic E-state index is -0.300. The Morgan fingerprint density at radius 3 is 2.80 bits per heavy atom. The fraction of sp³-hybridized carbons (Fsp3) is 0.0526. The number of aromatic amines is 2. The number of allylic oxidation sites excluding steroid dienone is 1. The monoisotopic (exact) mass is 334 g/mol. The number of benzene rings is 2. The first-order valence-corrected chi connectivity index (χ1v) is 7.65. The highest BCUT2D eigenvalue weighted by Gasteiger charge is 2.08. The molecule has 0 fully saturated rings. The molecule has 0 saturated heterocycles. The van der Waals surface area contributed by atoms with Crippen LogP contribution < -0.4 is 10.4 Å². The fourth-order valence-electron chi connectivity index (χ4n) is 2.74. The maximum Gasteiger partial charge on any atom is 0.323 e. The SMILES string of the molecule is COc1cccc2cc(C=CC(=O)c3ccc4[nH]c(=O)[nH]c4c3)oc12. The van der Waals surface area contributed by atoms with Crippen molar-refractivity contribution >= 4 is 33.9 Å². The predicted octanol–water partition coefficient (Wildman–Crippen LogP) is 3.51. The summed E-state index contributed by atoms with van der Waals surface area (Å²) in [4.78, 5) is 28.9. The Morgan fingerprint density at radius 2 is 1.96 bits per heavy atom. The summed E-state index contributed by atoms with van der Waals surface area (Å²) < 4.78 is 11.0. The van der Waals surface area contributed by atoms with Crippen LogP contribution in [0.1, 0.15) is 16.1 Å². The van der Waals surface area contributed by atoms with E-state index < -0.39 is 0 Å². The van der Waals surface area contributed by atoms with Gasteiger partial charge in [-0.15, -0.1) is 0 Å². The molecule has 6 heteroatoms. The molecule has 0 bridgehead atoms. The molecule has 0 atom stereocenters. The number of rotatable bonds is 4. The zero-order chi connectivity index (χ0) is 17.4. The van der Waals surface area contributed by atoms with Crippen LogP contribution in [0, 0.1) is 0 Å². The van der Waals surface area contributed by atoms with Gasteiger partial charge in [-0.1, -0.05) is 12.1 Å². The van der Waals surface area contributed by atoms with E-state index in [2.05, 4.69) is 9.97 Å². The Kier molecular flexibility index (Phi) is 3.50. The van der Waals surface area contributed by atoms with E-state index in [9.17, 15) is 9.59 Å². The quantitative estimate of drug-likeness (QED) is 0.441. The van der Waals surface area contributed by atoms with Gasteiger partial charge in [-0.2, -0.15) is 0 Å². The van der Waals surface area contributed by atoms with E-state index in [1.807, 2.05) is 24.3 Å². The minimum Gasteiger partial charge on any atom is -0.493 e. The number of para-hydroxylation sites is 1. The zero-order valence-corrected chi connectivity index (χ0v) is 13.3. The van der Waals surface area contributed by atoms with Gasteiger partial charge in [-0.05, 0) is 42.5 Å². The number of carbonyl (C=O) groups excluding carboxylic acids is 1. The maximum absolute atomic E-state index is 12.4. The summed E-state index contributed by atoms with van der Waals surface area (Å²) in [6.45, 7) is 0. The summed E-state index contributed by atoms with van der Waals surface area (Å²) in [7, 11) is 1.58. The van der Waals surface area contributed by atoms with E-state index in [1.165, 1.54) is 6.08 Å². The van der Waals surface area contributed by atoms with E-state index in [-0.39, 0.29) is 11.5 Å². The van der Waals surface area contributed by atoms with Crippen molar-refractivity contribution in [3.05, 3.63) is 70.3 Å². The molecular formula is C19H14N2O4. The Labute approximate surface area is 141 Å². The number of hydrogen-bond donors (Lipinski definition) is 2. The molecule has 0 aliphatic rings. The van der Waals surface area contributed by atoms with Crippen molar-refractivity contribution in [2.24, 2.45) is 0 Å². The molecule has 0 saturated carbocycles. The largest absolute Gasteiger partial charge is 0.493 e. The van der Waals surface area contributed by atoms with Gasteiger partial charge in [0.2, 0.25) is 0 Å². The summed E-state index contributed by atoms with van der Waals surface area (Å²) in [5, 5.41) is 0.901. The van der Waals surface area contributed by atoms with E-state index in [4.69, 9.17) is 9.15 Å². The van der Waals surface area contributed by atoms with Crippen LogP contribution in [0.5, 0.6) is 5.75 Å². The van der Waals surface area contributed by atoms with Crippen LogP contribution in [0.4, 0.5) is 0 Å². The van der Waals surface area contributed by atoms with E-state index >= 15 is 0 Å². The molecule has 0 unspecified atom stereocenters. The molecule has 2 heterocycles. The number of carbonyl (C=O) groups is 1. The van der Waals surface area contributed by atoms with E-state index in [0.29, 0.717) is 33.7 Å². The lowest BCUT2D eigenvalue weighted by Crippen LogP contribution is -1.99. The van der Waals surface area contributed by atoms with Crippen LogP contribution in [0.3, 0.4) is 0 Å². The van der Waals surface area contributed by atoms with Crippen LogP contribution in [0.15, 0.2) is 57.8 Å². The first kappa shape index (κ1) is 15.0. The van der Waals surface area contributed by atoms with Gasteiger partial charge in [0.25, 0.3) is 0 Å². The molecule has 0 amide bonds. The Balaban J connectivity index is 1.63. The van der Waals surface area contributed by atoms with Crippen LogP contribution >= 0.6 is 0 Å². The first-order chi connectivity index (χ1) is 12.1. The summed E-state index contributed by atoms with van der Waals surface area (Å²) >= 11 is 0. The second kappa shape index (κ2) is 5.83. The van der Waals surface area contributed by atoms with Gasteiger partial charge >= 0.3 is 5.69 Å². The highest BCUT2D eigenvalue weighted by molar-refractivity contribution is 6.08. The van der Waals surface area contributed by atoms with Crippen molar-refractivity contribution in [1.82, 2.24) is 9.97 Å². The molecule has 0 spiro atoms. The number of nitrogens with one attached hydrogen (secondary N) is 2. The molecule has 2 aromatic heterocycles. The second-order valence-corrected chi connectivity index (χ2v) is 5.56. The number of ketones is 1. The summed E-state index contributed by atoms with van der Waals surface area (Å²) in [6, 6.07) is 12.5. The number of hydrogen-bond acceptors (Lipinski definition) is 4. The predicted molar refractivity (Wildman–Crippen MR) is 95.0 cm³/mol. The molecule has 2 aromatic carbocycles. The third-order valence-corrected chi connectivity index (χ3v) is 3.95. The number of aromatic nitrogens is 2. The standard InChI is InChI=1S/C19H14N2O4/c1-24-17-4-2-3-12-9-13(25-18(12)17)6-8-16(22)11-5-7-14-15(10-11)21-19(23)20-14/h2-10H,1H3,(H2,20,21,23). The molecule has 2 N–H and O–H groups in total. The van der Waals surface area contributed by atoms with Gasteiger partial charge in [0.05, 0.1) is 18.1 Å². The van der Waals surface area contributed by atoms with Crippen molar-refractivity contribution in [1.29, 1.82) is 0 Å². The lowest BCUT2D eigenvalue weighted by Gasteiger charge is -1.98. The Morgan fingerprint density at radius 1 is 1.12 bits per heavy atom. The van der Waals surface area contributed by atoms with Crippen molar-refractivity contribution in [3.63, 3.8) is 0 Å². The molecular weight excluding hydrogens is 320 g/mol. The summed E-state index contributed by atoms with van der Waals surface area (Å²) in [6.07, 6.45) is 3.06. The first-order valence-electron chi connectivity index (χ1n) is 7.65. The Hall–Kier alpha value is -3.54. The van der Waals surface area contributed by atoms with Crippen LogP contribution in [-0.4, -0.2) is 22.9 Å². The van der Waals surface area contributed by atoms with Crippen molar-refractivity contribution in [2.45, 2.75) is 0 Å². The lowest BCUT2D eigenvalue weighted by atomic mass is 10.1. The van der Waals surface area contributed by atoms with E-state index in [0.717, 1.165) is 5.39 Å². The zero-order valence-electron chi connectivity index (χ0n) is 13.3. The lowest BCUT2D eigenvalue weighted by molar-refractivity contribution is 0.104. The van der Waals surface area contributed by atoms with Gasteiger partial charge in [0, 0.05) is 10.9 Å². The number of imidazole rings is 1. The normalized spacial score (nSPS) is 11.6. The molecule has 0 aliphatic carbocycles. The van der Waals surface area contributed by atoms with Crippen molar-refractivity contribution < 1.29 is 13.9 Å². The second-order valence-electron chi connectivity index (χ2n) is 5.56. The van der Waals surface area contributed by atoms with Crippen molar-refractivity contribution in [3.8, 4) is 5.75 Å². The molecule has 6 nitrogen and oxygen atoms in total. The summed E-state index contributed by atoms with van der Waals surface area (Å²) in [5.74, 6) is 1.02. The number of methoxy groups -OCH3 is 1. The van der Waals surface area contributed by atoms with Crippen molar-refractivity contribution in [2.75, 3.05) is 7.11 Å². The highest BCUT2D eigenvalue weighted by atomic mass is 16.5.